The summed E-state index contributed by atoms with van der Waals surface area (Å²) in [7, 11) is -3.58. The Labute approximate surface area is 213 Å². The minimum Gasteiger partial charge on any atom is -0.354 e. The van der Waals surface area contributed by atoms with Crippen LogP contribution < -0.4 is 15.4 Å². The van der Waals surface area contributed by atoms with Crippen LogP contribution in [0.3, 0.4) is 0 Å². The van der Waals surface area contributed by atoms with Crippen LogP contribution in [0.1, 0.15) is 24.0 Å². The first kappa shape index (κ1) is 24.9. The highest BCUT2D eigenvalue weighted by atomic mass is 32.2. The zero-order chi connectivity index (χ0) is 25.0. The summed E-state index contributed by atoms with van der Waals surface area (Å²) in [6.07, 6.45) is 2.73. The molecule has 0 aromatic heterocycles. The molecule has 8 heteroatoms. The predicted octanol–water partition coefficient (Wildman–Crippen LogP) is 2.66. The number of nitrogens with one attached hydrogen (secondary N) is 3. The number of carbonyl (C=O) groups excluding carboxylic acids is 1. The van der Waals surface area contributed by atoms with Gasteiger partial charge in [-0.3, -0.25) is 4.79 Å². The molecule has 1 unspecified atom stereocenters. The number of rotatable bonds is 8. The van der Waals surface area contributed by atoms with Crippen LogP contribution in [-0.2, 0) is 27.8 Å². The predicted molar refractivity (Wildman–Crippen MR) is 142 cm³/mol. The molecule has 2 aliphatic rings. The Morgan fingerprint density at radius 2 is 1.67 bits per heavy atom. The third kappa shape index (κ3) is 5.78. The summed E-state index contributed by atoms with van der Waals surface area (Å²) in [5, 5.41) is 8.16. The fourth-order valence-corrected chi connectivity index (χ4v) is 6.52. The van der Waals surface area contributed by atoms with Crippen LogP contribution in [0, 0.1) is 5.92 Å². The van der Waals surface area contributed by atoms with E-state index in [0.29, 0.717) is 30.4 Å². The van der Waals surface area contributed by atoms with E-state index in [2.05, 4.69) is 32.4 Å². The lowest BCUT2D eigenvalue weighted by Gasteiger charge is -2.32. The van der Waals surface area contributed by atoms with Gasteiger partial charge in [-0.25, -0.2) is 13.1 Å². The molecule has 0 saturated carbocycles. The molecule has 1 atom stereocenters. The molecule has 0 spiro atoms. The van der Waals surface area contributed by atoms with Crippen molar-refractivity contribution in [1.29, 1.82) is 0 Å². The van der Waals surface area contributed by atoms with E-state index in [0.717, 1.165) is 49.7 Å². The summed E-state index contributed by atoms with van der Waals surface area (Å²) in [4.78, 5) is 15.3. The van der Waals surface area contributed by atoms with Crippen LogP contribution in [0.15, 0.2) is 71.6 Å². The number of nitrogens with zero attached hydrogens (tertiary/aromatic N) is 1. The molecule has 2 heterocycles. The molecule has 7 nitrogen and oxygen atoms in total. The van der Waals surface area contributed by atoms with Gasteiger partial charge in [-0.15, -0.1) is 0 Å². The molecule has 0 aliphatic carbocycles. The Morgan fingerprint density at radius 1 is 0.944 bits per heavy atom. The van der Waals surface area contributed by atoms with Crippen molar-refractivity contribution in [2.24, 2.45) is 5.92 Å². The number of hydrogen-bond donors (Lipinski definition) is 3. The molecule has 1 amide bonds. The summed E-state index contributed by atoms with van der Waals surface area (Å²) in [6.45, 7) is 4.30. The average Bonchev–Trinajstić information content (AvgIpc) is 2.91. The van der Waals surface area contributed by atoms with Gasteiger partial charge in [0.2, 0.25) is 15.9 Å². The Morgan fingerprint density at radius 3 is 2.50 bits per heavy atom. The van der Waals surface area contributed by atoms with Gasteiger partial charge in [-0.2, -0.15) is 0 Å². The van der Waals surface area contributed by atoms with E-state index in [1.807, 2.05) is 42.5 Å². The smallest absolute Gasteiger partial charge is 0.241 e. The van der Waals surface area contributed by atoms with Gasteiger partial charge >= 0.3 is 0 Å². The standard InChI is InChI=1S/C28H34N4O3S/c33-28(26-18-23-7-1-2-8-24(23)20-29-26)30-19-21-12-15-32(16-13-21)17-14-31-36(34,35)27-11-5-9-22-6-3-4-10-25(22)27/h1-11,21,26,29,31H,12-20H2,(H,30,33). The Bertz CT molecular complexity index is 1310. The van der Waals surface area contributed by atoms with Crippen LogP contribution in [0.5, 0.6) is 0 Å². The minimum atomic E-state index is -3.58. The van der Waals surface area contributed by atoms with Crippen LogP contribution in [0.4, 0.5) is 0 Å². The fraction of sp³-hybridized carbons (Fsp3) is 0.393. The first-order chi connectivity index (χ1) is 17.5. The van der Waals surface area contributed by atoms with E-state index >= 15 is 0 Å². The lowest BCUT2D eigenvalue weighted by atomic mass is 9.94. The molecule has 190 valence electrons. The van der Waals surface area contributed by atoms with Gasteiger partial charge in [0, 0.05) is 31.6 Å². The molecule has 2 aliphatic heterocycles. The number of benzene rings is 3. The van der Waals surface area contributed by atoms with E-state index in [1.54, 1.807) is 12.1 Å². The second-order valence-electron chi connectivity index (χ2n) is 9.81. The number of sulfonamides is 1. The molecule has 1 fully saturated rings. The SMILES string of the molecule is O=C(NCC1CCN(CCNS(=O)(=O)c2cccc3ccccc23)CC1)C1Cc2ccccc2CN1. The van der Waals surface area contributed by atoms with E-state index in [4.69, 9.17) is 0 Å². The van der Waals surface area contributed by atoms with Crippen LogP contribution >= 0.6 is 0 Å². The highest BCUT2D eigenvalue weighted by molar-refractivity contribution is 7.89. The van der Waals surface area contributed by atoms with Crippen molar-refractivity contribution in [3.8, 4) is 0 Å². The molecule has 1 saturated heterocycles. The Balaban J connectivity index is 1.04. The highest BCUT2D eigenvalue weighted by Gasteiger charge is 2.26. The number of fused-ring (bicyclic) bond motifs is 2. The first-order valence-corrected chi connectivity index (χ1v) is 14.3. The van der Waals surface area contributed by atoms with Gasteiger partial charge < -0.3 is 15.5 Å². The summed E-state index contributed by atoms with van der Waals surface area (Å²) in [5.41, 5.74) is 2.52. The zero-order valence-corrected chi connectivity index (χ0v) is 21.3. The lowest BCUT2D eigenvalue weighted by Crippen LogP contribution is -2.49. The van der Waals surface area contributed by atoms with Gasteiger partial charge in [0.25, 0.3) is 0 Å². The van der Waals surface area contributed by atoms with Gasteiger partial charge in [0.15, 0.2) is 0 Å². The zero-order valence-electron chi connectivity index (χ0n) is 20.4. The molecule has 3 aromatic rings. The lowest BCUT2D eigenvalue weighted by molar-refractivity contribution is -0.123. The van der Waals surface area contributed by atoms with Crippen molar-refractivity contribution in [2.45, 2.75) is 36.7 Å². The van der Waals surface area contributed by atoms with Crippen LogP contribution in [0.25, 0.3) is 10.8 Å². The molecule has 0 radical (unpaired) electrons. The first-order valence-electron chi connectivity index (χ1n) is 12.8. The van der Waals surface area contributed by atoms with Crippen molar-refractivity contribution >= 4 is 26.7 Å². The third-order valence-corrected chi connectivity index (χ3v) is 8.95. The quantitative estimate of drug-likeness (QED) is 0.437. The number of carbonyl (C=O) groups is 1. The third-order valence-electron chi connectivity index (χ3n) is 7.43. The van der Waals surface area contributed by atoms with Crippen molar-refractivity contribution in [3.63, 3.8) is 0 Å². The number of hydrogen-bond acceptors (Lipinski definition) is 5. The van der Waals surface area contributed by atoms with E-state index < -0.39 is 10.0 Å². The second kappa shape index (κ2) is 11.1. The topological polar surface area (TPSA) is 90.5 Å². The highest BCUT2D eigenvalue weighted by Crippen LogP contribution is 2.23. The summed E-state index contributed by atoms with van der Waals surface area (Å²) >= 11 is 0. The molecule has 0 bridgehead atoms. The molecule has 5 rings (SSSR count). The molecule has 36 heavy (non-hydrogen) atoms. The van der Waals surface area contributed by atoms with Gasteiger partial charge in [-0.1, -0.05) is 60.7 Å². The maximum Gasteiger partial charge on any atom is 0.241 e. The van der Waals surface area contributed by atoms with E-state index in [-0.39, 0.29) is 11.9 Å². The number of piperidine rings is 1. The van der Waals surface area contributed by atoms with Crippen molar-refractivity contribution in [2.75, 3.05) is 32.7 Å². The minimum absolute atomic E-state index is 0.0785. The Kier molecular flexibility index (Phi) is 7.67. The van der Waals surface area contributed by atoms with Crippen molar-refractivity contribution in [3.05, 3.63) is 77.9 Å². The molecular weight excluding hydrogens is 472 g/mol. The fourth-order valence-electron chi connectivity index (χ4n) is 5.27. The van der Waals surface area contributed by atoms with Gasteiger partial charge in [0.05, 0.1) is 10.9 Å². The van der Waals surface area contributed by atoms with Crippen molar-refractivity contribution < 1.29 is 13.2 Å². The monoisotopic (exact) mass is 506 g/mol. The maximum absolute atomic E-state index is 12.9. The average molecular weight is 507 g/mol. The number of amides is 1. The van der Waals surface area contributed by atoms with E-state index in [9.17, 15) is 13.2 Å². The second-order valence-corrected chi connectivity index (χ2v) is 11.5. The van der Waals surface area contributed by atoms with Gasteiger partial charge in [-0.05, 0) is 60.8 Å². The largest absolute Gasteiger partial charge is 0.354 e. The number of likely N-dealkylation sites (tertiary alicyclic amines) is 1. The summed E-state index contributed by atoms with van der Waals surface area (Å²) in [6, 6.07) is 21.0. The molecule has 3 N–H and O–H groups in total. The maximum atomic E-state index is 12.9. The summed E-state index contributed by atoms with van der Waals surface area (Å²) < 4.78 is 28.6. The van der Waals surface area contributed by atoms with Gasteiger partial charge in [0.1, 0.15) is 0 Å². The van der Waals surface area contributed by atoms with Crippen molar-refractivity contribution in [1.82, 2.24) is 20.3 Å². The van der Waals surface area contributed by atoms with Crippen LogP contribution in [0.2, 0.25) is 0 Å². The molecular formula is C28H34N4O3S. The van der Waals surface area contributed by atoms with Crippen LogP contribution in [-0.4, -0.2) is 58.0 Å². The normalized spacial score (nSPS) is 19.2. The molecule has 3 aromatic carbocycles. The summed E-state index contributed by atoms with van der Waals surface area (Å²) in [5.74, 6) is 0.531. The Hall–Kier alpha value is -2.78. The van der Waals surface area contributed by atoms with E-state index in [1.165, 1.54) is 11.1 Å².